The summed E-state index contributed by atoms with van der Waals surface area (Å²) >= 11 is 3.91. The Morgan fingerprint density at radius 2 is 2.11 bits per heavy atom. The lowest BCUT2D eigenvalue weighted by Gasteiger charge is -2.17. The van der Waals surface area contributed by atoms with Crippen molar-refractivity contribution < 1.29 is 0 Å². The SMILES string of the molecule is CN=C(NCCCCSC)NC1CCC(SC)C1. The normalized spacial score (nSPS) is 24.3. The highest BCUT2D eigenvalue weighted by atomic mass is 32.2. The van der Waals surface area contributed by atoms with Crippen LogP contribution in [0.15, 0.2) is 4.99 Å². The maximum Gasteiger partial charge on any atom is 0.191 e. The second-order valence-electron chi connectivity index (χ2n) is 4.71. The van der Waals surface area contributed by atoms with Crippen LogP contribution >= 0.6 is 23.5 Å². The lowest BCUT2D eigenvalue weighted by Crippen LogP contribution is -2.42. The number of unbranched alkanes of at least 4 members (excludes halogenated alkanes) is 1. The van der Waals surface area contributed by atoms with Gasteiger partial charge < -0.3 is 10.6 Å². The summed E-state index contributed by atoms with van der Waals surface area (Å²) in [4.78, 5) is 4.30. The number of thioether (sulfide) groups is 2. The van der Waals surface area contributed by atoms with Gasteiger partial charge in [-0.1, -0.05) is 0 Å². The summed E-state index contributed by atoms with van der Waals surface area (Å²) in [5, 5.41) is 7.79. The van der Waals surface area contributed by atoms with Crippen LogP contribution < -0.4 is 10.6 Å². The van der Waals surface area contributed by atoms with Gasteiger partial charge in [0, 0.05) is 24.9 Å². The molecule has 2 atom stereocenters. The summed E-state index contributed by atoms with van der Waals surface area (Å²) in [6.45, 7) is 1.03. The molecule has 1 rings (SSSR count). The predicted octanol–water partition coefficient (Wildman–Crippen LogP) is 2.58. The van der Waals surface area contributed by atoms with E-state index < -0.39 is 0 Å². The summed E-state index contributed by atoms with van der Waals surface area (Å²) in [6, 6.07) is 0.611. The van der Waals surface area contributed by atoms with E-state index in [2.05, 4.69) is 28.1 Å². The summed E-state index contributed by atoms with van der Waals surface area (Å²) < 4.78 is 0. The van der Waals surface area contributed by atoms with Gasteiger partial charge in [-0.2, -0.15) is 23.5 Å². The molecule has 1 saturated carbocycles. The van der Waals surface area contributed by atoms with Crippen LogP contribution in [-0.4, -0.2) is 49.1 Å². The predicted molar refractivity (Wildman–Crippen MR) is 87.1 cm³/mol. The molecule has 2 N–H and O–H groups in total. The Kier molecular flexibility index (Phi) is 8.76. The number of hydrogen-bond acceptors (Lipinski definition) is 3. The third kappa shape index (κ3) is 6.23. The molecule has 0 aliphatic heterocycles. The molecule has 1 aliphatic carbocycles. The van der Waals surface area contributed by atoms with E-state index in [-0.39, 0.29) is 0 Å². The fourth-order valence-corrected chi connectivity index (χ4v) is 3.54. The van der Waals surface area contributed by atoms with Crippen molar-refractivity contribution in [3.05, 3.63) is 0 Å². The monoisotopic (exact) mass is 289 g/mol. The molecule has 2 unspecified atom stereocenters. The molecule has 106 valence electrons. The standard InChI is InChI=1S/C13H27N3S2/c1-14-13(15-8-4-5-9-17-2)16-11-6-7-12(10-11)18-3/h11-12H,4-10H2,1-3H3,(H2,14,15,16). The van der Waals surface area contributed by atoms with Crippen LogP contribution in [-0.2, 0) is 0 Å². The fraction of sp³-hybridized carbons (Fsp3) is 0.923. The van der Waals surface area contributed by atoms with Crippen LogP contribution in [0.3, 0.4) is 0 Å². The van der Waals surface area contributed by atoms with Gasteiger partial charge in [0.05, 0.1) is 0 Å². The van der Waals surface area contributed by atoms with E-state index in [1.807, 2.05) is 30.6 Å². The molecule has 0 radical (unpaired) electrons. The molecular formula is C13H27N3S2. The first-order valence-corrected chi connectivity index (χ1v) is 9.47. The first-order valence-electron chi connectivity index (χ1n) is 6.79. The molecule has 18 heavy (non-hydrogen) atoms. The fourth-order valence-electron chi connectivity index (χ4n) is 2.25. The van der Waals surface area contributed by atoms with E-state index in [0.717, 1.165) is 17.8 Å². The van der Waals surface area contributed by atoms with E-state index in [0.29, 0.717) is 6.04 Å². The van der Waals surface area contributed by atoms with Gasteiger partial charge in [0.15, 0.2) is 5.96 Å². The number of rotatable bonds is 7. The average Bonchev–Trinajstić information content (AvgIpc) is 2.84. The zero-order valence-corrected chi connectivity index (χ0v) is 13.5. The Hall–Kier alpha value is -0.0300. The summed E-state index contributed by atoms with van der Waals surface area (Å²) in [5.41, 5.74) is 0. The van der Waals surface area contributed by atoms with Gasteiger partial charge in [0.2, 0.25) is 0 Å². The first-order chi connectivity index (χ1) is 8.80. The van der Waals surface area contributed by atoms with Crippen molar-refractivity contribution in [3.63, 3.8) is 0 Å². The van der Waals surface area contributed by atoms with E-state index >= 15 is 0 Å². The van der Waals surface area contributed by atoms with Crippen molar-refractivity contribution in [2.75, 3.05) is 31.9 Å². The van der Waals surface area contributed by atoms with Crippen LogP contribution in [0.4, 0.5) is 0 Å². The Labute approximate surface area is 120 Å². The van der Waals surface area contributed by atoms with E-state index in [9.17, 15) is 0 Å². The smallest absolute Gasteiger partial charge is 0.191 e. The molecule has 0 bridgehead atoms. The lowest BCUT2D eigenvalue weighted by molar-refractivity contribution is 0.611. The van der Waals surface area contributed by atoms with Crippen LogP contribution in [0, 0.1) is 0 Å². The third-order valence-corrected chi connectivity index (χ3v) is 5.14. The number of nitrogens with zero attached hydrogens (tertiary/aromatic N) is 1. The van der Waals surface area contributed by atoms with E-state index in [4.69, 9.17) is 0 Å². The zero-order valence-electron chi connectivity index (χ0n) is 11.9. The average molecular weight is 290 g/mol. The topological polar surface area (TPSA) is 36.4 Å². The van der Waals surface area contributed by atoms with Crippen LogP contribution in [0.5, 0.6) is 0 Å². The van der Waals surface area contributed by atoms with Gasteiger partial charge in [-0.25, -0.2) is 0 Å². The maximum absolute atomic E-state index is 4.30. The van der Waals surface area contributed by atoms with Gasteiger partial charge >= 0.3 is 0 Å². The van der Waals surface area contributed by atoms with E-state index in [1.165, 1.54) is 37.9 Å². The molecule has 0 aromatic rings. The molecule has 0 heterocycles. The molecule has 5 heteroatoms. The largest absolute Gasteiger partial charge is 0.356 e. The Bertz CT molecular complexity index is 246. The Balaban J connectivity index is 2.14. The highest BCUT2D eigenvalue weighted by Crippen LogP contribution is 2.27. The van der Waals surface area contributed by atoms with Crippen molar-refractivity contribution in [3.8, 4) is 0 Å². The number of aliphatic imine (C=N–C) groups is 1. The number of hydrogen-bond donors (Lipinski definition) is 2. The van der Waals surface area contributed by atoms with Crippen LogP contribution in [0.1, 0.15) is 32.1 Å². The summed E-state index contributed by atoms with van der Waals surface area (Å²) in [5.74, 6) is 2.23. The van der Waals surface area contributed by atoms with Crippen LogP contribution in [0.25, 0.3) is 0 Å². The molecule has 1 fully saturated rings. The highest BCUT2D eigenvalue weighted by Gasteiger charge is 2.24. The zero-order chi connectivity index (χ0) is 13.2. The second kappa shape index (κ2) is 9.84. The van der Waals surface area contributed by atoms with Crippen molar-refractivity contribution in [2.45, 2.75) is 43.4 Å². The molecule has 0 spiro atoms. The minimum Gasteiger partial charge on any atom is -0.356 e. The van der Waals surface area contributed by atoms with Gasteiger partial charge in [-0.3, -0.25) is 4.99 Å². The summed E-state index contributed by atoms with van der Waals surface area (Å²) in [7, 11) is 1.86. The number of nitrogens with one attached hydrogen (secondary N) is 2. The Morgan fingerprint density at radius 3 is 2.72 bits per heavy atom. The Morgan fingerprint density at radius 1 is 1.28 bits per heavy atom. The van der Waals surface area contributed by atoms with Crippen molar-refractivity contribution in [2.24, 2.45) is 4.99 Å². The quantitative estimate of drug-likeness (QED) is 0.429. The van der Waals surface area contributed by atoms with Crippen molar-refractivity contribution in [1.29, 1.82) is 0 Å². The number of guanidine groups is 1. The van der Waals surface area contributed by atoms with Gasteiger partial charge in [0.1, 0.15) is 0 Å². The van der Waals surface area contributed by atoms with Gasteiger partial charge in [0.25, 0.3) is 0 Å². The third-order valence-electron chi connectivity index (χ3n) is 3.35. The summed E-state index contributed by atoms with van der Waals surface area (Å²) in [6.07, 6.45) is 10.8. The van der Waals surface area contributed by atoms with Crippen molar-refractivity contribution >= 4 is 29.5 Å². The van der Waals surface area contributed by atoms with Crippen molar-refractivity contribution in [1.82, 2.24) is 10.6 Å². The minimum absolute atomic E-state index is 0.611. The minimum atomic E-state index is 0.611. The molecule has 1 aliphatic rings. The van der Waals surface area contributed by atoms with E-state index in [1.54, 1.807) is 0 Å². The van der Waals surface area contributed by atoms with Gasteiger partial charge in [-0.15, -0.1) is 0 Å². The second-order valence-corrected chi connectivity index (χ2v) is 6.83. The molecule has 0 amide bonds. The van der Waals surface area contributed by atoms with Gasteiger partial charge in [-0.05, 0) is 50.4 Å². The molecule has 0 aromatic heterocycles. The molecule has 0 aromatic carbocycles. The maximum atomic E-state index is 4.30. The molecule has 3 nitrogen and oxygen atoms in total. The van der Waals surface area contributed by atoms with Crippen LogP contribution in [0.2, 0.25) is 0 Å². The highest BCUT2D eigenvalue weighted by molar-refractivity contribution is 7.99. The lowest BCUT2D eigenvalue weighted by atomic mass is 10.2. The first kappa shape index (κ1) is 16.0. The molecule has 0 saturated heterocycles. The molecular weight excluding hydrogens is 262 g/mol.